The summed E-state index contributed by atoms with van der Waals surface area (Å²) in [6.07, 6.45) is 6.21. The summed E-state index contributed by atoms with van der Waals surface area (Å²) >= 11 is 5.52. The molecule has 10 heteroatoms. The molecule has 1 fully saturated rings. The van der Waals surface area contributed by atoms with Crippen molar-refractivity contribution in [3.63, 3.8) is 0 Å². The topological polar surface area (TPSA) is 90.4 Å². The Morgan fingerprint density at radius 3 is 2.44 bits per heavy atom. The van der Waals surface area contributed by atoms with E-state index in [-0.39, 0.29) is 11.7 Å². The number of anilines is 1. The van der Waals surface area contributed by atoms with Crippen LogP contribution in [0, 0.1) is 0 Å². The fourth-order valence-corrected chi connectivity index (χ4v) is 4.65. The van der Waals surface area contributed by atoms with E-state index in [2.05, 4.69) is 6.92 Å². The van der Waals surface area contributed by atoms with Gasteiger partial charge in [0, 0.05) is 25.7 Å². The summed E-state index contributed by atoms with van der Waals surface area (Å²) in [6, 6.07) is 7.56. The van der Waals surface area contributed by atoms with Gasteiger partial charge in [0.05, 0.1) is 11.4 Å². The van der Waals surface area contributed by atoms with Crippen molar-refractivity contribution >= 4 is 39.0 Å². The van der Waals surface area contributed by atoms with Crippen LogP contribution in [0.15, 0.2) is 48.0 Å². The third-order valence-corrected chi connectivity index (χ3v) is 6.57. The third kappa shape index (κ3) is 5.48. The quantitative estimate of drug-likeness (QED) is 0.236. The molecule has 2 heterocycles. The van der Waals surface area contributed by atoms with Crippen molar-refractivity contribution in [1.82, 2.24) is 9.80 Å². The molecule has 0 aliphatic carbocycles. The van der Waals surface area contributed by atoms with Gasteiger partial charge in [0.15, 0.2) is 10.9 Å². The maximum atomic E-state index is 13.0. The number of fused-ring (bicyclic) bond motifs is 1. The van der Waals surface area contributed by atoms with Gasteiger partial charge in [-0.1, -0.05) is 25.5 Å². The number of para-hydroxylation sites is 2. The van der Waals surface area contributed by atoms with Gasteiger partial charge in [-0.15, -0.1) is 0 Å². The second kappa shape index (κ2) is 10.5. The molecule has 0 unspecified atom stereocenters. The van der Waals surface area contributed by atoms with Gasteiger partial charge >= 0.3 is 0 Å². The number of benzene rings is 1. The molecule has 0 aromatic heterocycles. The number of allylic oxidation sites excluding steroid dienone is 2. The van der Waals surface area contributed by atoms with E-state index >= 15 is 0 Å². The van der Waals surface area contributed by atoms with Crippen LogP contribution in [0.4, 0.5) is 5.69 Å². The lowest BCUT2D eigenvalue weighted by Crippen LogP contribution is -2.33. The number of nitrogens with zero attached hydrogens (tertiary/aromatic N) is 3. The smallest absolute Gasteiger partial charge is 0.276 e. The first-order chi connectivity index (χ1) is 15.3. The van der Waals surface area contributed by atoms with Gasteiger partial charge in [0.1, 0.15) is 5.70 Å². The van der Waals surface area contributed by atoms with E-state index in [9.17, 15) is 13.2 Å². The predicted molar refractivity (Wildman–Crippen MR) is 128 cm³/mol. The molecule has 1 amide bonds. The van der Waals surface area contributed by atoms with E-state index in [1.165, 1.54) is 0 Å². The van der Waals surface area contributed by atoms with Crippen LogP contribution in [-0.4, -0.2) is 59.2 Å². The van der Waals surface area contributed by atoms with Crippen molar-refractivity contribution in [2.24, 2.45) is 0 Å². The van der Waals surface area contributed by atoms with E-state index in [4.69, 9.17) is 21.5 Å². The first-order valence-corrected chi connectivity index (χ1v) is 12.8. The van der Waals surface area contributed by atoms with Crippen LogP contribution in [0.5, 0.6) is 5.75 Å². The lowest BCUT2D eigenvalue weighted by molar-refractivity contribution is -0.122. The molecule has 1 N–H and O–H groups in total. The van der Waals surface area contributed by atoms with Crippen LogP contribution >= 0.6 is 12.2 Å². The van der Waals surface area contributed by atoms with Crippen LogP contribution in [-0.2, 0) is 14.9 Å². The maximum absolute atomic E-state index is 13.0. The highest BCUT2D eigenvalue weighted by atomic mass is 32.2. The highest BCUT2D eigenvalue weighted by molar-refractivity contribution is 7.85. The van der Waals surface area contributed by atoms with Gasteiger partial charge in [-0.3, -0.25) is 14.2 Å². The molecule has 0 spiro atoms. The molecule has 2 aliphatic heterocycles. The number of hydrogen-bond donors (Lipinski definition) is 1. The maximum Gasteiger partial charge on any atom is 0.276 e. The first-order valence-electron chi connectivity index (χ1n) is 10.8. The second-order valence-electron chi connectivity index (χ2n) is 7.61. The Kier molecular flexibility index (Phi) is 7.91. The molecule has 2 aliphatic rings. The van der Waals surface area contributed by atoms with Crippen molar-refractivity contribution in [3.05, 3.63) is 48.0 Å². The molecule has 0 bridgehead atoms. The number of carbonyl (C=O) groups is 1. The SMILES string of the molecule is CCCCN1C(=O)/C(=C/C=C2/Oc3ccccc3N2CCCCS(=O)(=O)O)N(CC)C1=S. The summed E-state index contributed by atoms with van der Waals surface area (Å²) in [5.74, 6) is 0.846. The highest BCUT2D eigenvalue weighted by Crippen LogP contribution is 2.39. The number of likely N-dealkylation sites (N-methyl/N-ethyl adjacent to an activating group) is 1. The largest absolute Gasteiger partial charge is 0.439 e. The minimum atomic E-state index is -3.98. The lowest BCUT2D eigenvalue weighted by Gasteiger charge is -2.19. The summed E-state index contributed by atoms with van der Waals surface area (Å²) in [7, 11) is -3.98. The fourth-order valence-electron chi connectivity index (χ4n) is 3.68. The molecule has 174 valence electrons. The second-order valence-corrected chi connectivity index (χ2v) is 9.55. The molecule has 8 nitrogen and oxygen atoms in total. The number of ether oxygens (including phenoxy) is 1. The van der Waals surface area contributed by atoms with E-state index in [1.807, 2.05) is 41.0 Å². The van der Waals surface area contributed by atoms with Crippen molar-refractivity contribution < 1.29 is 22.5 Å². The third-order valence-electron chi connectivity index (χ3n) is 5.32. The Hall–Kier alpha value is -2.43. The minimum absolute atomic E-state index is 0.114. The first kappa shape index (κ1) is 24.2. The highest BCUT2D eigenvalue weighted by Gasteiger charge is 2.36. The van der Waals surface area contributed by atoms with E-state index in [1.54, 1.807) is 17.1 Å². The molecule has 1 aromatic carbocycles. The van der Waals surface area contributed by atoms with Crippen LogP contribution in [0.25, 0.3) is 0 Å². The van der Waals surface area contributed by atoms with Crippen molar-refractivity contribution in [3.8, 4) is 5.75 Å². The summed E-state index contributed by atoms with van der Waals surface area (Å²) < 4.78 is 36.9. The molecule has 0 saturated carbocycles. The van der Waals surface area contributed by atoms with E-state index in [0.29, 0.717) is 54.9 Å². The molecule has 1 aromatic rings. The number of thiocarbonyl (C=S) groups is 1. The lowest BCUT2D eigenvalue weighted by atomic mass is 10.2. The van der Waals surface area contributed by atoms with Gasteiger partial charge in [-0.25, -0.2) is 0 Å². The fraction of sp³-hybridized carbons (Fsp3) is 0.455. The monoisotopic (exact) mass is 479 g/mol. The average molecular weight is 480 g/mol. The summed E-state index contributed by atoms with van der Waals surface area (Å²) in [4.78, 5) is 18.4. The average Bonchev–Trinajstić information content (AvgIpc) is 3.21. The Morgan fingerprint density at radius 1 is 1.03 bits per heavy atom. The van der Waals surface area contributed by atoms with Crippen LogP contribution in [0.1, 0.15) is 39.5 Å². The molecule has 32 heavy (non-hydrogen) atoms. The van der Waals surface area contributed by atoms with Crippen LogP contribution in [0.2, 0.25) is 0 Å². The Balaban J connectivity index is 1.82. The van der Waals surface area contributed by atoms with E-state index in [0.717, 1.165) is 18.5 Å². The number of rotatable bonds is 10. The summed E-state index contributed by atoms with van der Waals surface area (Å²) in [5.41, 5.74) is 1.38. The van der Waals surface area contributed by atoms with Gasteiger partial charge in [0.25, 0.3) is 16.0 Å². The number of unbranched alkanes of at least 4 members (excludes halogenated alkanes) is 2. The standard InChI is InChI=1S/C22H29N3O5S2/c1-3-5-14-25-21(26)18(23(4-2)22(25)31)12-13-20-24(15-8-9-16-32(27,28)29)17-10-6-7-11-19(17)30-20/h6-7,10-13H,3-5,8-9,14-16H2,1-2H3,(H,27,28,29)/b18-12-,20-13+. The van der Waals surface area contributed by atoms with Crippen molar-refractivity contribution in [2.75, 3.05) is 30.3 Å². The summed E-state index contributed by atoms with van der Waals surface area (Å²) in [6.45, 7) is 5.71. The molecular weight excluding hydrogens is 450 g/mol. The van der Waals surface area contributed by atoms with Crippen LogP contribution in [0.3, 0.4) is 0 Å². The normalized spacial score (nSPS) is 18.8. The Bertz CT molecular complexity index is 1040. The van der Waals surface area contributed by atoms with Crippen LogP contribution < -0.4 is 9.64 Å². The summed E-state index contributed by atoms with van der Waals surface area (Å²) in [5, 5.41) is 0.522. The van der Waals surface area contributed by atoms with Crippen molar-refractivity contribution in [2.45, 2.75) is 39.5 Å². The molecule has 0 radical (unpaired) electrons. The van der Waals surface area contributed by atoms with Gasteiger partial charge in [-0.2, -0.15) is 8.42 Å². The number of amides is 1. The van der Waals surface area contributed by atoms with E-state index < -0.39 is 10.1 Å². The number of hydrogen-bond acceptors (Lipinski definition) is 6. The molecule has 3 rings (SSSR count). The van der Waals surface area contributed by atoms with Gasteiger partial charge in [-0.05, 0) is 56.6 Å². The predicted octanol–water partition coefficient (Wildman–Crippen LogP) is 3.53. The Labute approximate surface area is 194 Å². The zero-order valence-electron chi connectivity index (χ0n) is 18.4. The molecular formula is C22H29N3O5S2. The molecule has 0 atom stereocenters. The van der Waals surface area contributed by atoms with Crippen molar-refractivity contribution in [1.29, 1.82) is 0 Å². The van der Waals surface area contributed by atoms with Gasteiger partial charge < -0.3 is 14.5 Å². The van der Waals surface area contributed by atoms with Gasteiger partial charge in [0.2, 0.25) is 5.88 Å². The Morgan fingerprint density at radius 2 is 1.75 bits per heavy atom. The number of carbonyl (C=O) groups excluding carboxylic acids is 1. The zero-order valence-corrected chi connectivity index (χ0v) is 20.0. The zero-order chi connectivity index (χ0) is 23.3. The molecule has 1 saturated heterocycles. The minimum Gasteiger partial charge on any atom is -0.439 e.